The van der Waals surface area contributed by atoms with Crippen LogP contribution < -0.4 is 9.47 Å². The Morgan fingerprint density at radius 2 is 1.74 bits per heavy atom. The van der Waals surface area contributed by atoms with Crippen molar-refractivity contribution in [2.24, 2.45) is 0 Å². The highest BCUT2D eigenvalue weighted by atomic mass is 79.9. The van der Waals surface area contributed by atoms with Crippen molar-refractivity contribution in [1.29, 1.82) is 0 Å². The second-order valence-corrected chi connectivity index (χ2v) is 7.75. The summed E-state index contributed by atoms with van der Waals surface area (Å²) in [7, 11) is 1.56. The van der Waals surface area contributed by atoms with Gasteiger partial charge in [-0.05, 0) is 71.8 Å². The molecular weight excluding hydrogens is 463 g/mol. The predicted octanol–water partition coefficient (Wildman–Crippen LogP) is 6.16. The SMILES string of the molecule is COc1cc(/C=C2\C=C(c3ccc(F)cc3)OC2=O)ccc1OCc1ccc(Br)cc1. The van der Waals surface area contributed by atoms with Crippen molar-refractivity contribution in [3.05, 3.63) is 105 Å². The fourth-order valence-corrected chi connectivity index (χ4v) is 3.32. The molecule has 0 amide bonds. The Balaban J connectivity index is 1.52. The maximum Gasteiger partial charge on any atom is 0.343 e. The summed E-state index contributed by atoms with van der Waals surface area (Å²) in [6.45, 7) is 0.403. The van der Waals surface area contributed by atoms with Gasteiger partial charge in [-0.25, -0.2) is 9.18 Å². The monoisotopic (exact) mass is 480 g/mol. The van der Waals surface area contributed by atoms with E-state index in [1.54, 1.807) is 43.5 Å². The third-order valence-corrected chi connectivity index (χ3v) is 5.20. The molecule has 3 aromatic rings. The van der Waals surface area contributed by atoms with E-state index in [2.05, 4.69) is 15.9 Å². The molecule has 156 valence electrons. The number of cyclic esters (lactones) is 1. The van der Waals surface area contributed by atoms with Gasteiger partial charge in [0.15, 0.2) is 11.5 Å². The molecule has 0 spiro atoms. The Kier molecular flexibility index (Phi) is 6.18. The van der Waals surface area contributed by atoms with E-state index in [4.69, 9.17) is 14.2 Å². The van der Waals surface area contributed by atoms with Crippen molar-refractivity contribution in [3.63, 3.8) is 0 Å². The van der Waals surface area contributed by atoms with Gasteiger partial charge < -0.3 is 14.2 Å². The number of carbonyl (C=O) groups excluding carboxylic acids is 1. The number of hydrogen-bond donors (Lipinski definition) is 0. The van der Waals surface area contributed by atoms with Crippen molar-refractivity contribution >= 4 is 33.7 Å². The van der Waals surface area contributed by atoms with Gasteiger partial charge in [0.2, 0.25) is 0 Å². The Hall–Kier alpha value is -3.38. The summed E-state index contributed by atoms with van der Waals surface area (Å²) in [5.74, 6) is 0.732. The lowest BCUT2D eigenvalue weighted by Crippen LogP contribution is -1.99. The van der Waals surface area contributed by atoms with Crippen LogP contribution in [0, 0.1) is 5.82 Å². The second-order valence-electron chi connectivity index (χ2n) is 6.83. The highest BCUT2D eigenvalue weighted by Gasteiger charge is 2.22. The van der Waals surface area contributed by atoms with Crippen LogP contribution in [0.25, 0.3) is 11.8 Å². The van der Waals surface area contributed by atoms with Gasteiger partial charge in [-0.15, -0.1) is 0 Å². The molecule has 4 rings (SSSR count). The third-order valence-electron chi connectivity index (χ3n) is 4.67. The molecular formula is C25H18BrFO4. The van der Waals surface area contributed by atoms with Crippen LogP contribution in [0.15, 0.2) is 82.9 Å². The molecule has 1 heterocycles. The summed E-state index contributed by atoms with van der Waals surface area (Å²) < 4.78 is 30.8. The van der Waals surface area contributed by atoms with Crippen LogP contribution in [0.3, 0.4) is 0 Å². The molecule has 0 saturated heterocycles. The molecule has 0 aromatic heterocycles. The fourth-order valence-electron chi connectivity index (χ4n) is 3.06. The maximum atomic E-state index is 13.1. The molecule has 3 aromatic carbocycles. The minimum absolute atomic E-state index is 0.348. The molecule has 6 heteroatoms. The van der Waals surface area contributed by atoms with Gasteiger partial charge in [-0.3, -0.25) is 0 Å². The van der Waals surface area contributed by atoms with Crippen LogP contribution >= 0.6 is 15.9 Å². The van der Waals surface area contributed by atoms with E-state index in [1.165, 1.54) is 12.1 Å². The summed E-state index contributed by atoms with van der Waals surface area (Å²) in [5.41, 5.74) is 2.82. The molecule has 0 radical (unpaired) electrons. The van der Waals surface area contributed by atoms with E-state index in [0.29, 0.717) is 35.0 Å². The Bertz CT molecular complexity index is 1170. The normalized spacial score (nSPS) is 14.4. The topological polar surface area (TPSA) is 44.8 Å². The number of methoxy groups -OCH3 is 1. The summed E-state index contributed by atoms with van der Waals surface area (Å²) in [5, 5.41) is 0. The molecule has 1 aliphatic rings. The lowest BCUT2D eigenvalue weighted by atomic mass is 10.1. The average Bonchev–Trinajstić information content (AvgIpc) is 3.14. The summed E-state index contributed by atoms with van der Waals surface area (Å²) >= 11 is 3.41. The van der Waals surface area contributed by atoms with Crippen molar-refractivity contribution in [1.82, 2.24) is 0 Å². The lowest BCUT2D eigenvalue weighted by molar-refractivity contribution is -0.130. The van der Waals surface area contributed by atoms with E-state index < -0.39 is 5.97 Å². The Morgan fingerprint density at radius 3 is 2.45 bits per heavy atom. The van der Waals surface area contributed by atoms with Crippen molar-refractivity contribution < 1.29 is 23.4 Å². The molecule has 0 unspecified atom stereocenters. The van der Waals surface area contributed by atoms with Crippen LogP contribution in [0.2, 0.25) is 0 Å². The zero-order chi connectivity index (χ0) is 21.8. The number of esters is 1. The first-order valence-electron chi connectivity index (χ1n) is 9.48. The van der Waals surface area contributed by atoms with E-state index in [-0.39, 0.29) is 5.82 Å². The van der Waals surface area contributed by atoms with Crippen LogP contribution in [0.1, 0.15) is 16.7 Å². The molecule has 31 heavy (non-hydrogen) atoms. The van der Waals surface area contributed by atoms with Crippen LogP contribution in [0.5, 0.6) is 11.5 Å². The fraction of sp³-hybridized carbons (Fsp3) is 0.0800. The molecule has 0 N–H and O–H groups in total. The van der Waals surface area contributed by atoms with Crippen molar-refractivity contribution in [2.45, 2.75) is 6.61 Å². The van der Waals surface area contributed by atoms with Gasteiger partial charge in [0.1, 0.15) is 18.2 Å². The van der Waals surface area contributed by atoms with Crippen LogP contribution in [-0.2, 0) is 16.1 Å². The number of carbonyl (C=O) groups is 1. The van der Waals surface area contributed by atoms with E-state index in [0.717, 1.165) is 15.6 Å². The zero-order valence-electron chi connectivity index (χ0n) is 16.6. The number of rotatable bonds is 6. The molecule has 0 fully saturated rings. The Morgan fingerprint density at radius 1 is 1.00 bits per heavy atom. The molecule has 4 nitrogen and oxygen atoms in total. The van der Waals surface area contributed by atoms with Crippen LogP contribution in [-0.4, -0.2) is 13.1 Å². The highest BCUT2D eigenvalue weighted by Crippen LogP contribution is 2.32. The second kappa shape index (κ2) is 9.18. The molecule has 1 aliphatic heterocycles. The maximum absolute atomic E-state index is 13.1. The first-order chi connectivity index (χ1) is 15.0. The Labute approximate surface area is 187 Å². The minimum atomic E-state index is -0.464. The van der Waals surface area contributed by atoms with Gasteiger partial charge in [-0.1, -0.05) is 34.1 Å². The molecule has 0 saturated carbocycles. The van der Waals surface area contributed by atoms with Gasteiger partial charge in [0.25, 0.3) is 0 Å². The van der Waals surface area contributed by atoms with Gasteiger partial charge in [0, 0.05) is 10.0 Å². The predicted molar refractivity (Wildman–Crippen MR) is 120 cm³/mol. The quantitative estimate of drug-likeness (QED) is 0.313. The lowest BCUT2D eigenvalue weighted by Gasteiger charge is -2.11. The van der Waals surface area contributed by atoms with Crippen molar-refractivity contribution in [3.8, 4) is 11.5 Å². The van der Waals surface area contributed by atoms with Gasteiger partial charge >= 0.3 is 5.97 Å². The van der Waals surface area contributed by atoms with E-state index >= 15 is 0 Å². The first-order valence-corrected chi connectivity index (χ1v) is 10.3. The molecule has 0 atom stereocenters. The third kappa shape index (κ3) is 5.03. The largest absolute Gasteiger partial charge is 0.493 e. The van der Waals surface area contributed by atoms with Crippen LogP contribution in [0.4, 0.5) is 4.39 Å². The number of benzene rings is 3. The molecule has 0 aliphatic carbocycles. The summed E-state index contributed by atoms with van der Waals surface area (Å²) in [6.07, 6.45) is 3.35. The zero-order valence-corrected chi connectivity index (χ0v) is 18.2. The van der Waals surface area contributed by atoms with E-state index in [1.807, 2.05) is 30.3 Å². The smallest absolute Gasteiger partial charge is 0.343 e. The minimum Gasteiger partial charge on any atom is -0.493 e. The highest BCUT2D eigenvalue weighted by molar-refractivity contribution is 9.10. The number of halogens is 2. The van der Waals surface area contributed by atoms with Crippen molar-refractivity contribution in [2.75, 3.05) is 7.11 Å². The van der Waals surface area contributed by atoms with E-state index in [9.17, 15) is 9.18 Å². The standard InChI is InChI=1S/C25H18BrFO4/c1-29-24-13-17(4-11-22(24)30-15-16-2-7-20(26)8-3-16)12-19-14-23(31-25(19)28)18-5-9-21(27)10-6-18/h2-14H,15H2,1H3/b19-12+. The molecule has 0 bridgehead atoms. The number of hydrogen-bond acceptors (Lipinski definition) is 4. The number of ether oxygens (including phenoxy) is 3. The summed E-state index contributed by atoms with van der Waals surface area (Å²) in [4.78, 5) is 12.3. The first kappa shape index (κ1) is 20.9. The van der Waals surface area contributed by atoms with Gasteiger partial charge in [0.05, 0.1) is 12.7 Å². The average molecular weight is 481 g/mol. The van der Waals surface area contributed by atoms with Gasteiger partial charge in [-0.2, -0.15) is 0 Å². The summed E-state index contributed by atoms with van der Waals surface area (Å²) in [6, 6.07) is 19.1.